The van der Waals surface area contributed by atoms with Gasteiger partial charge >= 0.3 is 5.97 Å². The van der Waals surface area contributed by atoms with Gasteiger partial charge in [-0.3, -0.25) is 14.2 Å². The van der Waals surface area contributed by atoms with Crippen LogP contribution >= 0.6 is 0 Å². The second-order valence-corrected chi connectivity index (χ2v) is 8.93. The third-order valence-corrected chi connectivity index (χ3v) is 6.31. The number of anilines is 1. The summed E-state index contributed by atoms with van der Waals surface area (Å²) in [5, 5.41) is 9.21. The third kappa shape index (κ3) is 3.76. The number of hydrogen-bond donors (Lipinski definition) is 2. The minimum absolute atomic E-state index is 0.0588. The Bertz CT molecular complexity index is 1270. The minimum Gasteiger partial charge on any atom is -0.478 e. The second kappa shape index (κ2) is 7.83. The van der Waals surface area contributed by atoms with Crippen molar-refractivity contribution >= 4 is 21.7 Å². The maximum atomic E-state index is 13.2. The van der Waals surface area contributed by atoms with Gasteiger partial charge in [-0.15, -0.1) is 0 Å². The molecule has 0 aliphatic rings. The van der Waals surface area contributed by atoms with Crippen molar-refractivity contribution < 1.29 is 18.3 Å². The number of aromatic nitrogens is 2. The maximum absolute atomic E-state index is 13.2. The van der Waals surface area contributed by atoms with Crippen molar-refractivity contribution in [1.29, 1.82) is 0 Å². The average molecular weight is 429 g/mol. The van der Waals surface area contributed by atoms with Gasteiger partial charge in [0.15, 0.2) is 0 Å². The molecule has 0 saturated carbocycles. The number of carboxylic acid groups (broad SMARTS) is 1. The molecule has 0 unspecified atom stereocenters. The van der Waals surface area contributed by atoms with Crippen LogP contribution in [0.5, 0.6) is 0 Å². The molecular formula is C21H23N3O5S. The Kier molecular flexibility index (Phi) is 5.58. The standard InChI is InChI=1S/C21H23N3O5S/c1-13(2)19-18(20(25)24(23(19)4)16-8-6-5-7-9-16)22-30(28,29)17-12-15(21(26)27)11-10-14(17)3/h5-13,22H,1-4H3,(H,26,27). The van der Waals surface area contributed by atoms with Gasteiger partial charge in [-0.2, -0.15) is 0 Å². The first kappa shape index (κ1) is 21.4. The highest BCUT2D eigenvalue weighted by atomic mass is 32.2. The quantitative estimate of drug-likeness (QED) is 0.626. The molecule has 0 saturated heterocycles. The zero-order valence-corrected chi connectivity index (χ0v) is 17.9. The van der Waals surface area contributed by atoms with Gasteiger partial charge < -0.3 is 5.11 Å². The van der Waals surface area contributed by atoms with Gasteiger partial charge in [-0.05, 0) is 42.7 Å². The molecule has 0 spiro atoms. The molecule has 1 aromatic heterocycles. The van der Waals surface area contributed by atoms with E-state index in [1.54, 1.807) is 42.9 Å². The van der Waals surface area contributed by atoms with Gasteiger partial charge in [0, 0.05) is 7.05 Å². The first-order chi connectivity index (χ1) is 14.0. The van der Waals surface area contributed by atoms with Crippen molar-refractivity contribution in [3.8, 4) is 5.69 Å². The topological polar surface area (TPSA) is 110 Å². The lowest BCUT2D eigenvalue weighted by Gasteiger charge is -2.14. The smallest absolute Gasteiger partial charge is 0.335 e. The van der Waals surface area contributed by atoms with E-state index in [0.717, 1.165) is 6.07 Å². The Hall–Kier alpha value is -3.33. The first-order valence-corrected chi connectivity index (χ1v) is 10.8. The summed E-state index contributed by atoms with van der Waals surface area (Å²) in [4.78, 5) is 24.3. The van der Waals surface area contributed by atoms with Crippen molar-refractivity contribution in [3.63, 3.8) is 0 Å². The predicted molar refractivity (Wildman–Crippen MR) is 114 cm³/mol. The lowest BCUT2D eigenvalue weighted by molar-refractivity contribution is 0.0696. The molecule has 0 amide bonds. The number of rotatable bonds is 6. The average Bonchev–Trinajstić information content (AvgIpc) is 2.91. The Morgan fingerprint density at radius 1 is 1.10 bits per heavy atom. The molecule has 0 aliphatic heterocycles. The van der Waals surface area contributed by atoms with Crippen molar-refractivity contribution in [3.05, 3.63) is 75.7 Å². The van der Waals surface area contributed by atoms with E-state index in [4.69, 9.17) is 0 Å². The van der Waals surface area contributed by atoms with Crippen molar-refractivity contribution in [2.45, 2.75) is 31.6 Å². The molecule has 3 rings (SSSR count). The SMILES string of the molecule is Cc1ccc(C(=O)O)cc1S(=O)(=O)Nc1c(C(C)C)n(C)n(-c2ccccc2)c1=O. The molecule has 2 N–H and O–H groups in total. The summed E-state index contributed by atoms with van der Waals surface area (Å²) in [6, 6.07) is 12.8. The number of sulfonamides is 1. The number of hydrogen-bond acceptors (Lipinski definition) is 4. The van der Waals surface area contributed by atoms with Crippen LogP contribution in [0.3, 0.4) is 0 Å². The molecule has 3 aromatic rings. The largest absolute Gasteiger partial charge is 0.478 e. The van der Waals surface area contributed by atoms with E-state index in [-0.39, 0.29) is 22.1 Å². The highest BCUT2D eigenvalue weighted by Gasteiger charge is 2.27. The highest BCUT2D eigenvalue weighted by molar-refractivity contribution is 7.92. The Morgan fingerprint density at radius 2 is 1.73 bits per heavy atom. The molecule has 9 heteroatoms. The minimum atomic E-state index is -4.20. The number of benzene rings is 2. The van der Waals surface area contributed by atoms with E-state index in [9.17, 15) is 23.1 Å². The van der Waals surface area contributed by atoms with E-state index in [1.165, 1.54) is 16.8 Å². The highest BCUT2D eigenvalue weighted by Crippen LogP contribution is 2.26. The molecular weight excluding hydrogens is 406 g/mol. The molecule has 30 heavy (non-hydrogen) atoms. The predicted octanol–water partition coefficient (Wildman–Crippen LogP) is 3.11. The summed E-state index contributed by atoms with van der Waals surface area (Å²) in [7, 11) is -2.51. The monoisotopic (exact) mass is 429 g/mol. The molecule has 0 atom stereocenters. The van der Waals surface area contributed by atoms with Crippen molar-refractivity contribution in [1.82, 2.24) is 9.36 Å². The van der Waals surface area contributed by atoms with Gasteiger partial charge in [0.1, 0.15) is 5.69 Å². The van der Waals surface area contributed by atoms with E-state index in [0.29, 0.717) is 16.9 Å². The molecule has 1 heterocycles. The van der Waals surface area contributed by atoms with Gasteiger partial charge in [0.25, 0.3) is 15.6 Å². The number of aryl methyl sites for hydroxylation is 1. The van der Waals surface area contributed by atoms with Crippen molar-refractivity contribution in [2.75, 3.05) is 4.72 Å². The molecule has 0 radical (unpaired) electrons. The molecule has 0 bridgehead atoms. The van der Waals surface area contributed by atoms with Crippen molar-refractivity contribution in [2.24, 2.45) is 7.05 Å². The zero-order valence-electron chi connectivity index (χ0n) is 17.1. The first-order valence-electron chi connectivity index (χ1n) is 9.28. The van der Waals surface area contributed by atoms with Gasteiger partial charge in [-0.1, -0.05) is 38.1 Å². The maximum Gasteiger partial charge on any atom is 0.335 e. The summed E-state index contributed by atoms with van der Waals surface area (Å²) in [5.74, 6) is -1.39. The van der Waals surface area contributed by atoms with Crippen LogP contribution in [0.2, 0.25) is 0 Å². The van der Waals surface area contributed by atoms with E-state index in [1.807, 2.05) is 19.9 Å². The van der Waals surface area contributed by atoms with Gasteiger partial charge in [0.05, 0.1) is 21.8 Å². The molecule has 2 aromatic carbocycles. The normalized spacial score (nSPS) is 11.6. The number of aromatic carboxylic acids is 1. The molecule has 158 valence electrons. The van der Waals surface area contributed by atoms with Gasteiger partial charge in [-0.25, -0.2) is 17.9 Å². The van der Waals surface area contributed by atoms with E-state index < -0.39 is 21.6 Å². The summed E-state index contributed by atoms with van der Waals surface area (Å²) in [5.41, 5.74) is 0.762. The fourth-order valence-corrected chi connectivity index (χ4v) is 4.80. The summed E-state index contributed by atoms with van der Waals surface area (Å²) >= 11 is 0. The Morgan fingerprint density at radius 3 is 2.30 bits per heavy atom. The van der Waals surface area contributed by atoms with Crippen LogP contribution in [0.15, 0.2) is 58.2 Å². The van der Waals surface area contributed by atoms with Crippen LogP contribution in [-0.4, -0.2) is 28.9 Å². The number of nitrogens with one attached hydrogen (secondary N) is 1. The fourth-order valence-electron chi connectivity index (χ4n) is 3.45. The summed E-state index contributed by atoms with van der Waals surface area (Å²) in [6.45, 7) is 5.28. The Balaban J connectivity index is 2.19. The van der Waals surface area contributed by atoms with Crippen LogP contribution in [0.25, 0.3) is 5.69 Å². The van der Waals surface area contributed by atoms with Crippen LogP contribution in [-0.2, 0) is 17.1 Å². The number of para-hydroxylation sites is 1. The van der Waals surface area contributed by atoms with E-state index in [2.05, 4.69) is 4.72 Å². The molecule has 0 aliphatic carbocycles. The summed E-state index contributed by atoms with van der Waals surface area (Å²) in [6.07, 6.45) is 0. The second-order valence-electron chi connectivity index (χ2n) is 7.28. The molecule has 8 nitrogen and oxygen atoms in total. The van der Waals surface area contributed by atoms with Crippen LogP contribution in [0.1, 0.15) is 41.4 Å². The third-order valence-electron chi connectivity index (χ3n) is 4.82. The number of carboxylic acids is 1. The Labute approximate surface area is 174 Å². The van der Waals surface area contributed by atoms with E-state index >= 15 is 0 Å². The molecule has 0 fully saturated rings. The zero-order chi connectivity index (χ0) is 22.2. The number of carbonyl (C=O) groups is 1. The van der Waals surface area contributed by atoms with Gasteiger partial charge in [0.2, 0.25) is 0 Å². The number of nitrogens with zero attached hydrogens (tertiary/aromatic N) is 2. The van der Waals surface area contributed by atoms with Crippen LogP contribution in [0.4, 0.5) is 5.69 Å². The lowest BCUT2D eigenvalue weighted by Crippen LogP contribution is -2.23. The lowest BCUT2D eigenvalue weighted by atomic mass is 10.1. The fraction of sp³-hybridized carbons (Fsp3) is 0.238. The van der Waals surface area contributed by atoms with Crippen LogP contribution in [0, 0.1) is 6.92 Å². The summed E-state index contributed by atoms with van der Waals surface area (Å²) < 4.78 is 31.7. The van der Waals surface area contributed by atoms with Crippen LogP contribution < -0.4 is 10.3 Å².